The molecule has 0 saturated carbocycles. The monoisotopic (exact) mass is 277 g/mol. The third kappa shape index (κ3) is 2.66. The molecular weight excluding hydrogens is 269 g/mol. The maximum atomic E-state index is 13.4. The quantitative estimate of drug-likeness (QED) is 0.644. The molecule has 0 aliphatic rings. The van der Waals surface area contributed by atoms with Crippen LogP contribution >= 0.6 is 0 Å². The number of nitro groups is 1. The highest BCUT2D eigenvalue weighted by Crippen LogP contribution is 2.21. The number of halogens is 1. The highest BCUT2D eigenvalue weighted by molar-refractivity contribution is 6.07. The van der Waals surface area contributed by atoms with Gasteiger partial charge in [-0.1, -0.05) is 0 Å². The molecule has 3 N–H and O–H groups in total. The van der Waals surface area contributed by atoms with Crippen LogP contribution in [0.1, 0.15) is 10.4 Å². The highest BCUT2D eigenvalue weighted by atomic mass is 19.1. The molecule has 2 rings (SSSR count). The molecule has 0 bridgehead atoms. The Kier molecular flexibility index (Phi) is 3.51. The van der Waals surface area contributed by atoms with Crippen LogP contribution in [-0.4, -0.2) is 20.8 Å². The Labute approximate surface area is 111 Å². The van der Waals surface area contributed by atoms with E-state index < -0.39 is 22.3 Å². The van der Waals surface area contributed by atoms with Crippen LogP contribution in [-0.2, 0) is 0 Å². The van der Waals surface area contributed by atoms with Gasteiger partial charge in [-0.25, -0.2) is 9.37 Å². The van der Waals surface area contributed by atoms with Gasteiger partial charge in [-0.05, 0) is 12.1 Å². The number of nitrogens with one attached hydrogen (secondary N) is 1. The molecule has 102 valence electrons. The van der Waals surface area contributed by atoms with E-state index >= 15 is 0 Å². The van der Waals surface area contributed by atoms with Crippen molar-refractivity contribution in [1.82, 2.24) is 9.97 Å². The number of nitrogens with two attached hydrogens (primary N) is 1. The van der Waals surface area contributed by atoms with E-state index in [2.05, 4.69) is 15.3 Å². The summed E-state index contributed by atoms with van der Waals surface area (Å²) in [6, 6.07) is 2.27. The summed E-state index contributed by atoms with van der Waals surface area (Å²) in [6.07, 6.45) is 3.05. The zero-order chi connectivity index (χ0) is 14.7. The van der Waals surface area contributed by atoms with E-state index in [0.717, 1.165) is 18.5 Å². The number of anilines is 2. The van der Waals surface area contributed by atoms with E-state index in [1.165, 1.54) is 12.3 Å². The SMILES string of the molecule is Nc1cc(C(=O)Nc2ccncc2F)c([N+](=O)[O-])cn1. The topological polar surface area (TPSA) is 124 Å². The van der Waals surface area contributed by atoms with Crippen LogP contribution < -0.4 is 11.1 Å². The molecule has 0 aliphatic carbocycles. The number of aromatic nitrogens is 2. The van der Waals surface area contributed by atoms with Gasteiger partial charge in [0, 0.05) is 6.20 Å². The van der Waals surface area contributed by atoms with Gasteiger partial charge in [0.2, 0.25) is 0 Å². The van der Waals surface area contributed by atoms with Gasteiger partial charge in [0.25, 0.3) is 11.6 Å². The molecule has 8 nitrogen and oxygen atoms in total. The normalized spacial score (nSPS) is 10.1. The average molecular weight is 277 g/mol. The number of carbonyl (C=O) groups is 1. The lowest BCUT2D eigenvalue weighted by atomic mass is 10.2. The minimum atomic E-state index is -0.865. The van der Waals surface area contributed by atoms with Crippen molar-refractivity contribution in [1.29, 1.82) is 0 Å². The smallest absolute Gasteiger partial charge is 0.300 e. The lowest BCUT2D eigenvalue weighted by Gasteiger charge is -2.06. The van der Waals surface area contributed by atoms with Crippen molar-refractivity contribution in [3.05, 3.63) is 52.2 Å². The predicted molar refractivity (Wildman–Crippen MR) is 67.5 cm³/mol. The molecule has 0 spiro atoms. The second-order valence-corrected chi connectivity index (χ2v) is 3.69. The van der Waals surface area contributed by atoms with Crippen molar-refractivity contribution in [2.75, 3.05) is 11.1 Å². The molecule has 20 heavy (non-hydrogen) atoms. The molecule has 0 fully saturated rings. The second kappa shape index (κ2) is 5.26. The number of amides is 1. The van der Waals surface area contributed by atoms with Crippen LogP contribution in [0.4, 0.5) is 21.6 Å². The van der Waals surface area contributed by atoms with Crippen LogP contribution in [0.15, 0.2) is 30.7 Å². The fraction of sp³-hybridized carbons (Fsp3) is 0. The van der Waals surface area contributed by atoms with E-state index in [4.69, 9.17) is 5.73 Å². The zero-order valence-corrected chi connectivity index (χ0v) is 9.91. The van der Waals surface area contributed by atoms with Gasteiger partial charge in [-0.15, -0.1) is 0 Å². The molecule has 0 radical (unpaired) electrons. The van der Waals surface area contributed by atoms with Gasteiger partial charge >= 0.3 is 0 Å². The van der Waals surface area contributed by atoms with E-state index in [1.807, 2.05) is 0 Å². The second-order valence-electron chi connectivity index (χ2n) is 3.69. The van der Waals surface area contributed by atoms with E-state index in [9.17, 15) is 19.3 Å². The summed E-state index contributed by atoms with van der Waals surface area (Å²) >= 11 is 0. The third-order valence-corrected chi connectivity index (χ3v) is 2.37. The summed E-state index contributed by atoms with van der Waals surface area (Å²) in [5, 5.41) is 13.0. The lowest BCUT2D eigenvalue weighted by Crippen LogP contribution is -2.15. The zero-order valence-electron chi connectivity index (χ0n) is 9.91. The summed E-state index contributed by atoms with van der Waals surface area (Å²) in [5.41, 5.74) is 4.42. The summed E-state index contributed by atoms with van der Waals surface area (Å²) in [5.74, 6) is -1.68. The first kappa shape index (κ1) is 13.3. The van der Waals surface area contributed by atoms with Crippen LogP contribution in [0.25, 0.3) is 0 Å². The number of nitrogen functional groups attached to an aromatic ring is 1. The molecule has 0 atom stereocenters. The maximum Gasteiger partial charge on any atom is 0.300 e. The Morgan fingerprint density at radius 1 is 1.45 bits per heavy atom. The Morgan fingerprint density at radius 3 is 2.85 bits per heavy atom. The summed E-state index contributed by atoms with van der Waals surface area (Å²) < 4.78 is 13.4. The summed E-state index contributed by atoms with van der Waals surface area (Å²) in [7, 11) is 0. The molecule has 0 aromatic carbocycles. The number of rotatable bonds is 3. The summed E-state index contributed by atoms with van der Waals surface area (Å²) in [6.45, 7) is 0. The molecule has 0 aliphatic heterocycles. The Hall–Kier alpha value is -3.10. The molecule has 2 heterocycles. The Morgan fingerprint density at radius 2 is 2.20 bits per heavy atom. The van der Waals surface area contributed by atoms with Crippen molar-refractivity contribution < 1.29 is 14.1 Å². The minimum Gasteiger partial charge on any atom is -0.384 e. The first-order valence-corrected chi connectivity index (χ1v) is 5.30. The number of nitrogens with zero attached hydrogens (tertiary/aromatic N) is 3. The minimum absolute atomic E-state index is 0.0593. The van der Waals surface area contributed by atoms with E-state index in [0.29, 0.717) is 0 Å². The standard InChI is InChI=1S/C11H8FN5O3/c12-7-4-14-2-1-8(7)16-11(18)6-3-10(13)15-5-9(6)17(19)20/h1-5H,(H2,13,15)(H,14,16,18). The lowest BCUT2D eigenvalue weighted by molar-refractivity contribution is -0.385. The van der Waals surface area contributed by atoms with Gasteiger partial charge in [0.05, 0.1) is 16.8 Å². The van der Waals surface area contributed by atoms with Crippen LogP contribution in [0.2, 0.25) is 0 Å². The molecule has 2 aromatic rings. The summed E-state index contributed by atoms with van der Waals surface area (Å²) in [4.78, 5) is 29.1. The fourth-order valence-corrected chi connectivity index (χ4v) is 1.46. The first-order valence-electron chi connectivity index (χ1n) is 5.30. The maximum absolute atomic E-state index is 13.4. The molecule has 9 heteroatoms. The number of carbonyl (C=O) groups excluding carboxylic acids is 1. The van der Waals surface area contributed by atoms with Gasteiger partial charge in [-0.2, -0.15) is 0 Å². The molecular formula is C11H8FN5O3. The van der Waals surface area contributed by atoms with E-state index in [-0.39, 0.29) is 17.1 Å². The van der Waals surface area contributed by atoms with Crippen molar-refractivity contribution in [3.8, 4) is 0 Å². The number of hydrogen-bond donors (Lipinski definition) is 2. The Balaban J connectivity index is 2.37. The van der Waals surface area contributed by atoms with Crippen molar-refractivity contribution in [3.63, 3.8) is 0 Å². The molecule has 0 unspecified atom stereocenters. The first-order chi connectivity index (χ1) is 9.49. The average Bonchev–Trinajstić information content (AvgIpc) is 2.40. The van der Waals surface area contributed by atoms with E-state index in [1.54, 1.807) is 0 Å². The highest BCUT2D eigenvalue weighted by Gasteiger charge is 2.22. The van der Waals surface area contributed by atoms with Crippen LogP contribution in [0.5, 0.6) is 0 Å². The third-order valence-electron chi connectivity index (χ3n) is 2.37. The molecule has 0 saturated heterocycles. The molecule has 1 amide bonds. The van der Waals surface area contributed by atoms with Gasteiger partial charge in [0.15, 0.2) is 5.82 Å². The van der Waals surface area contributed by atoms with Crippen LogP contribution in [0, 0.1) is 15.9 Å². The van der Waals surface area contributed by atoms with Crippen LogP contribution in [0.3, 0.4) is 0 Å². The largest absolute Gasteiger partial charge is 0.384 e. The number of pyridine rings is 2. The van der Waals surface area contributed by atoms with Gasteiger partial charge in [0.1, 0.15) is 17.6 Å². The van der Waals surface area contributed by atoms with Crippen molar-refractivity contribution >= 4 is 23.1 Å². The number of hydrogen-bond acceptors (Lipinski definition) is 6. The van der Waals surface area contributed by atoms with Gasteiger partial charge in [-0.3, -0.25) is 19.9 Å². The Bertz CT molecular complexity index is 692. The van der Waals surface area contributed by atoms with Crippen molar-refractivity contribution in [2.24, 2.45) is 0 Å². The van der Waals surface area contributed by atoms with Gasteiger partial charge < -0.3 is 11.1 Å². The fourth-order valence-electron chi connectivity index (χ4n) is 1.46. The molecule has 2 aromatic heterocycles. The van der Waals surface area contributed by atoms with Crippen molar-refractivity contribution in [2.45, 2.75) is 0 Å². The predicted octanol–water partition coefficient (Wildman–Crippen LogP) is 1.36.